The molecule has 4 fully saturated rings. The summed E-state index contributed by atoms with van der Waals surface area (Å²) >= 11 is 0. The van der Waals surface area contributed by atoms with Gasteiger partial charge in [0.15, 0.2) is 5.78 Å². The molecule has 1 aliphatic heterocycles. The summed E-state index contributed by atoms with van der Waals surface area (Å²) in [5, 5.41) is 0. The summed E-state index contributed by atoms with van der Waals surface area (Å²) in [6.07, 6.45) is 0.112. The van der Waals surface area contributed by atoms with Gasteiger partial charge in [-0.25, -0.2) is 0 Å². The van der Waals surface area contributed by atoms with Gasteiger partial charge in [0.05, 0.1) is 12.0 Å². The third-order valence-electron chi connectivity index (χ3n) is 8.90. The quantitative estimate of drug-likeness (QED) is 0.253. The number of ether oxygens (including phenoxy) is 4. The number of hydrogen-bond donors (Lipinski definition) is 0. The number of Topliss-reactive ketones (excluding diaryl/α,β-unsaturated/α-hetero) is 1. The predicted molar refractivity (Wildman–Crippen MR) is 120 cm³/mol. The summed E-state index contributed by atoms with van der Waals surface area (Å²) in [5.74, 6) is -4.17. The third-order valence-corrected chi connectivity index (χ3v) is 8.90. The first-order chi connectivity index (χ1) is 16.3. The van der Waals surface area contributed by atoms with Gasteiger partial charge in [-0.1, -0.05) is 20.4 Å². The van der Waals surface area contributed by atoms with E-state index in [0.29, 0.717) is 24.8 Å². The lowest BCUT2D eigenvalue weighted by atomic mass is 9.43. The van der Waals surface area contributed by atoms with Crippen LogP contribution in [0.25, 0.3) is 0 Å². The van der Waals surface area contributed by atoms with Crippen molar-refractivity contribution < 1.29 is 42.9 Å². The molecule has 0 aromatic rings. The van der Waals surface area contributed by atoms with Crippen molar-refractivity contribution in [3.63, 3.8) is 0 Å². The molecule has 35 heavy (non-hydrogen) atoms. The van der Waals surface area contributed by atoms with Crippen LogP contribution in [0.3, 0.4) is 0 Å². The van der Waals surface area contributed by atoms with Gasteiger partial charge in [-0.05, 0) is 42.6 Å². The Kier molecular flexibility index (Phi) is 6.13. The number of carbonyl (C=O) groups is 5. The fraction of sp³-hybridized carbons (Fsp3) is 0.731. The number of esters is 4. The molecule has 3 aliphatic carbocycles. The smallest absolute Gasteiger partial charge is 0.320 e. The summed E-state index contributed by atoms with van der Waals surface area (Å²) < 4.78 is 23.0. The molecule has 9 nitrogen and oxygen atoms in total. The van der Waals surface area contributed by atoms with Crippen LogP contribution < -0.4 is 0 Å². The van der Waals surface area contributed by atoms with Gasteiger partial charge in [-0.15, -0.1) is 0 Å². The Morgan fingerprint density at radius 1 is 1.06 bits per heavy atom. The molecule has 0 aromatic heterocycles. The van der Waals surface area contributed by atoms with Gasteiger partial charge < -0.3 is 18.9 Å². The van der Waals surface area contributed by atoms with Crippen LogP contribution in [0.5, 0.6) is 0 Å². The highest BCUT2D eigenvalue weighted by atomic mass is 16.6. The van der Waals surface area contributed by atoms with Crippen molar-refractivity contribution in [3.05, 3.63) is 12.2 Å². The Morgan fingerprint density at radius 2 is 1.71 bits per heavy atom. The molecule has 2 spiro atoms. The molecule has 0 aromatic carbocycles. The van der Waals surface area contributed by atoms with Gasteiger partial charge in [-0.2, -0.15) is 0 Å². The Hall–Kier alpha value is -2.71. The first-order valence-corrected chi connectivity index (χ1v) is 12.2. The molecule has 3 saturated carbocycles. The van der Waals surface area contributed by atoms with Crippen molar-refractivity contribution in [1.82, 2.24) is 0 Å². The monoisotopic (exact) mass is 490 g/mol. The van der Waals surface area contributed by atoms with Crippen LogP contribution in [0.1, 0.15) is 60.3 Å². The summed E-state index contributed by atoms with van der Waals surface area (Å²) in [7, 11) is 0. The highest BCUT2D eigenvalue weighted by molar-refractivity contribution is 6.15. The van der Waals surface area contributed by atoms with Crippen molar-refractivity contribution >= 4 is 29.7 Å². The van der Waals surface area contributed by atoms with Gasteiger partial charge in [0.1, 0.15) is 24.2 Å². The molecule has 1 saturated heterocycles. The molecule has 0 N–H and O–H groups in total. The van der Waals surface area contributed by atoms with E-state index in [1.165, 1.54) is 20.8 Å². The minimum absolute atomic E-state index is 0.0183. The first-order valence-electron chi connectivity index (χ1n) is 12.2. The number of cyclic esters (lactones) is 1. The van der Waals surface area contributed by atoms with Crippen LogP contribution in [-0.4, -0.2) is 55.1 Å². The minimum atomic E-state index is -1.60. The number of ketones is 1. The molecule has 4 aliphatic rings. The zero-order valence-corrected chi connectivity index (χ0v) is 21.0. The fourth-order valence-corrected chi connectivity index (χ4v) is 7.61. The van der Waals surface area contributed by atoms with E-state index in [9.17, 15) is 24.0 Å². The van der Waals surface area contributed by atoms with Crippen LogP contribution in [0, 0.1) is 34.0 Å². The summed E-state index contributed by atoms with van der Waals surface area (Å²) in [6.45, 7) is 11.8. The van der Waals surface area contributed by atoms with E-state index in [1.807, 2.05) is 13.8 Å². The lowest BCUT2D eigenvalue weighted by molar-refractivity contribution is -0.266. The van der Waals surface area contributed by atoms with Crippen LogP contribution in [0.4, 0.5) is 0 Å². The van der Waals surface area contributed by atoms with Gasteiger partial charge in [-0.3, -0.25) is 24.0 Å². The van der Waals surface area contributed by atoms with Crippen molar-refractivity contribution in [1.29, 1.82) is 0 Å². The maximum atomic E-state index is 13.7. The standard InChI is InChI=1S/C26H34O9/c1-13-17-9-18(34-15(3)28)21-25(10-17,22(13)30)23(31)33-12-26(21)19(11-32-14(2)27)24(5,6)8-7-20(26)35-16(4)29/h17-21H,1,7-12H2,2-6H3/t17-,18+,19-,20+,21-,25+,26+/m1/s1. The molecule has 0 radical (unpaired) electrons. The van der Waals surface area contributed by atoms with Crippen molar-refractivity contribution in [3.8, 4) is 0 Å². The fourth-order valence-electron chi connectivity index (χ4n) is 7.61. The molecule has 0 unspecified atom stereocenters. The van der Waals surface area contributed by atoms with E-state index in [-0.39, 0.29) is 25.6 Å². The van der Waals surface area contributed by atoms with Crippen molar-refractivity contribution in [2.24, 2.45) is 34.0 Å². The molecular formula is C26H34O9. The second kappa shape index (κ2) is 8.45. The zero-order chi connectivity index (χ0) is 25.9. The number of hydrogen-bond acceptors (Lipinski definition) is 9. The van der Waals surface area contributed by atoms with Gasteiger partial charge in [0.2, 0.25) is 0 Å². The van der Waals surface area contributed by atoms with Crippen LogP contribution >= 0.6 is 0 Å². The predicted octanol–water partition coefficient (Wildman–Crippen LogP) is 2.54. The third kappa shape index (κ3) is 3.69. The molecule has 7 atom stereocenters. The van der Waals surface area contributed by atoms with Gasteiger partial charge in [0.25, 0.3) is 0 Å². The maximum absolute atomic E-state index is 13.7. The second-order valence-electron chi connectivity index (χ2n) is 11.3. The summed E-state index contributed by atoms with van der Waals surface area (Å²) in [4.78, 5) is 63.5. The Balaban J connectivity index is 1.98. The van der Waals surface area contributed by atoms with E-state index in [1.54, 1.807) is 0 Å². The van der Waals surface area contributed by atoms with Crippen molar-refractivity contribution in [2.45, 2.75) is 72.5 Å². The van der Waals surface area contributed by atoms with E-state index in [0.717, 1.165) is 0 Å². The molecule has 4 rings (SSSR count). The minimum Gasteiger partial charge on any atom is -0.466 e. The lowest BCUT2D eigenvalue weighted by Crippen LogP contribution is -2.71. The first kappa shape index (κ1) is 25.4. The van der Waals surface area contributed by atoms with E-state index >= 15 is 0 Å². The molecule has 192 valence electrons. The Morgan fingerprint density at radius 3 is 2.31 bits per heavy atom. The number of carbonyl (C=O) groups excluding carboxylic acids is 5. The zero-order valence-electron chi connectivity index (χ0n) is 21.0. The number of allylic oxidation sites excluding steroid dienone is 1. The summed E-state index contributed by atoms with van der Waals surface area (Å²) in [5.41, 5.74) is -2.83. The molecule has 9 heteroatoms. The Bertz CT molecular complexity index is 997. The maximum Gasteiger partial charge on any atom is 0.320 e. The molecule has 2 bridgehead atoms. The number of fused-ring (bicyclic) bond motifs is 2. The topological polar surface area (TPSA) is 122 Å². The molecule has 0 amide bonds. The van der Waals surface area contributed by atoms with E-state index < -0.39 is 69.9 Å². The lowest BCUT2D eigenvalue weighted by Gasteiger charge is -2.63. The van der Waals surface area contributed by atoms with E-state index in [4.69, 9.17) is 18.9 Å². The molecule has 1 heterocycles. The summed E-state index contributed by atoms with van der Waals surface area (Å²) in [6, 6.07) is 0. The number of rotatable bonds is 4. The van der Waals surface area contributed by atoms with Crippen LogP contribution in [0.15, 0.2) is 12.2 Å². The van der Waals surface area contributed by atoms with Gasteiger partial charge in [0, 0.05) is 32.6 Å². The largest absolute Gasteiger partial charge is 0.466 e. The van der Waals surface area contributed by atoms with Crippen LogP contribution in [0.2, 0.25) is 0 Å². The average Bonchev–Trinajstić information content (AvgIpc) is 2.93. The van der Waals surface area contributed by atoms with E-state index in [2.05, 4.69) is 6.58 Å². The average molecular weight is 491 g/mol. The SMILES string of the molecule is C=C1C(=O)[C@]23C[C@H]1C[C@H](OC(C)=O)[C@H]2[C@]1(COC3=O)[C@@H](OC(C)=O)CCC(C)(C)[C@H]1COC(C)=O. The second-order valence-corrected chi connectivity index (χ2v) is 11.3. The van der Waals surface area contributed by atoms with Gasteiger partial charge >= 0.3 is 23.9 Å². The normalized spacial score (nSPS) is 39.5. The van der Waals surface area contributed by atoms with Crippen molar-refractivity contribution in [2.75, 3.05) is 13.2 Å². The van der Waals surface area contributed by atoms with Crippen LogP contribution in [-0.2, 0) is 42.9 Å². The highest BCUT2D eigenvalue weighted by Crippen LogP contribution is 2.68. The Labute approximate surface area is 204 Å². The highest BCUT2D eigenvalue weighted by Gasteiger charge is 2.77. The molecular weight excluding hydrogens is 456 g/mol.